The van der Waals surface area contributed by atoms with Crippen molar-refractivity contribution in [3.63, 3.8) is 0 Å². The standard InChI is InChI=1S/C14H11BrN2O/c15-10-5-7-11(8-6-10)17-9-16-13-4-2-1-3-12(13)14(17)18/h1-9,12-13H. The van der Waals surface area contributed by atoms with Crippen LogP contribution in [0.2, 0.25) is 0 Å². The van der Waals surface area contributed by atoms with Gasteiger partial charge in [-0.25, -0.2) is 0 Å². The highest BCUT2D eigenvalue weighted by Gasteiger charge is 2.32. The maximum Gasteiger partial charge on any atom is 0.241 e. The third-order valence-electron chi connectivity index (χ3n) is 3.09. The Kier molecular flexibility index (Phi) is 2.88. The van der Waals surface area contributed by atoms with Gasteiger partial charge in [0.2, 0.25) is 5.91 Å². The number of carbonyl (C=O) groups is 1. The van der Waals surface area contributed by atoms with E-state index in [4.69, 9.17) is 0 Å². The van der Waals surface area contributed by atoms with Gasteiger partial charge in [-0.3, -0.25) is 14.7 Å². The first-order valence-electron chi connectivity index (χ1n) is 5.72. The number of anilines is 1. The van der Waals surface area contributed by atoms with Gasteiger partial charge in [0.05, 0.1) is 18.3 Å². The molecule has 2 aliphatic rings. The van der Waals surface area contributed by atoms with E-state index >= 15 is 0 Å². The van der Waals surface area contributed by atoms with Gasteiger partial charge in [0.25, 0.3) is 0 Å². The Balaban J connectivity index is 1.94. The van der Waals surface area contributed by atoms with Gasteiger partial charge in [-0.1, -0.05) is 40.2 Å². The minimum atomic E-state index is -0.177. The van der Waals surface area contributed by atoms with E-state index in [1.165, 1.54) is 0 Å². The molecule has 0 bridgehead atoms. The molecular formula is C14H11BrN2O. The first-order valence-corrected chi connectivity index (χ1v) is 6.52. The second-order valence-corrected chi connectivity index (χ2v) is 5.15. The van der Waals surface area contributed by atoms with E-state index in [1.807, 2.05) is 48.6 Å². The molecule has 0 N–H and O–H groups in total. The zero-order chi connectivity index (χ0) is 12.5. The van der Waals surface area contributed by atoms with E-state index < -0.39 is 0 Å². The van der Waals surface area contributed by atoms with Crippen molar-refractivity contribution in [2.24, 2.45) is 10.9 Å². The van der Waals surface area contributed by atoms with Gasteiger partial charge in [0, 0.05) is 10.2 Å². The monoisotopic (exact) mass is 302 g/mol. The summed E-state index contributed by atoms with van der Waals surface area (Å²) in [5.74, 6) is -0.110. The van der Waals surface area contributed by atoms with Gasteiger partial charge in [0.1, 0.15) is 0 Å². The van der Waals surface area contributed by atoms with Crippen molar-refractivity contribution in [2.75, 3.05) is 4.90 Å². The molecule has 90 valence electrons. The lowest BCUT2D eigenvalue weighted by molar-refractivity contribution is -0.120. The smallest absolute Gasteiger partial charge is 0.241 e. The zero-order valence-corrected chi connectivity index (χ0v) is 11.1. The second kappa shape index (κ2) is 4.53. The summed E-state index contributed by atoms with van der Waals surface area (Å²) in [6.45, 7) is 0. The summed E-state index contributed by atoms with van der Waals surface area (Å²) in [6.07, 6.45) is 9.32. The molecule has 1 amide bonds. The van der Waals surface area contributed by atoms with Crippen molar-refractivity contribution in [3.05, 3.63) is 53.0 Å². The van der Waals surface area contributed by atoms with Gasteiger partial charge in [-0.05, 0) is 24.3 Å². The van der Waals surface area contributed by atoms with E-state index in [2.05, 4.69) is 20.9 Å². The van der Waals surface area contributed by atoms with E-state index in [9.17, 15) is 4.79 Å². The van der Waals surface area contributed by atoms with Crippen LogP contribution in [0.1, 0.15) is 0 Å². The van der Waals surface area contributed by atoms with Crippen LogP contribution in [-0.4, -0.2) is 18.3 Å². The van der Waals surface area contributed by atoms with Crippen LogP contribution in [0.25, 0.3) is 0 Å². The number of hydrogen-bond donors (Lipinski definition) is 0. The van der Waals surface area contributed by atoms with Gasteiger partial charge >= 0.3 is 0 Å². The average Bonchev–Trinajstić information content (AvgIpc) is 2.41. The van der Waals surface area contributed by atoms with Crippen molar-refractivity contribution in [2.45, 2.75) is 6.04 Å². The molecule has 0 radical (unpaired) electrons. The summed E-state index contributed by atoms with van der Waals surface area (Å²) in [5, 5.41) is 0. The molecule has 1 aliphatic heterocycles. The number of hydrogen-bond acceptors (Lipinski definition) is 2. The van der Waals surface area contributed by atoms with Gasteiger partial charge in [-0.2, -0.15) is 0 Å². The van der Waals surface area contributed by atoms with E-state index in [1.54, 1.807) is 11.2 Å². The fraction of sp³-hybridized carbons (Fsp3) is 0.143. The summed E-state index contributed by atoms with van der Waals surface area (Å²) in [4.78, 5) is 18.4. The molecule has 0 fully saturated rings. The zero-order valence-electron chi connectivity index (χ0n) is 9.53. The normalized spacial score (nSPS) is 25.4. The van der Waals surface area contributed by atoms with Crippen molar-refractivity contribution >= 4 is 33.9 Å². The molecule has 1 aromatic carbocycles. The fourth-order valence-electron chi connectivity index (χ4n) is 2.12. The van der Waals surface area contributed by atoms with Gasteiger partial charge in [-0.15, -0.1) is 0 Å². The number of amides is 1. The quantitative estimate of drug-likeness (QED) is 0.785. The molecule has 2 unspecified atom stereocenters. The highest BCUT2D eigenvalue weighted by atomic mass is 79.9. The molecule has 1 heterocycles. The van der Waals surface area contributed by atoms with Crippen LogP contribution in [0.15, 0.2) is 58.0 Å². The second-order valence-electron chi connectivity index (χ2n) is 4.24. The van der Waals surface area contributed by atoms with Crippen LogP contribution >= 0.6 is 15.9 Å². The van der Waals surface area contributed by atoms with E-state index in [0.717, 1.165) is 10.2 Å². The lowest BCUT2D eigenvalue weighted by Gasteiger charge is -2.30. The predicted molar refractivity (Wildman–Crippen MR) is 75.7 cm³/mol. The average molecular weight is 303 g/mol. The molecule has 3 rings (SSSR count). The molecular weight excluding hydrogens is 292 g/mol. The molecule has 18 heavy (non-hydrogen) atoms. The first kappa shape index (κ1) is 11.4. The lowest BCUT2D eigenvalue weighted by Crippen LogP contribution is -2.43. The Morgan fingerprint density at radius 2 is 1.83 bits per heavy atom. The number of rotatable bonds is 1. The molecule has 0 spiro atoms. The van der Waals surface area contributed by atoms with Crippen molar-refractivity contribution < 1.29 is 4.79 Å². The topological polar surface area (TPSA) is 32.7 Å². The van der Waals surface area contributed by atoms with Crippen LogP contribution in [-0.2, 0) is 4.79 Å². The number of benzene rings is 1. The molecule has 2 atom stereocenters. The third-order valence-corrected chi connectivity index (χ3v) is 3.62. The summed E-state index contributed by atoms with van der Waals surface area (Å²) in [6, 6.07) is 7.58. The number of fused-ring (bicyclic) bond motifs is 1. The minimum absolute atomic E-state index is 0.0470. The Bertz CT molecular complexity index is 560. The highest BCUT2D eigenvalue weighted by molar-refractivity contribution is 9.10. The van der Waals surface area contributed by atoms with Crippen LogP contribution in [0.4, 0.5) is 5.69 Å². The summed E-state index contributed by atoms with van der Waals surface area (Å²) < 4.78 is 0.992. The molecule has 0 aromatic heterocycles. The van der Waals surface area contributed by atoms with Crippen LogP contribution in [0.5, 0.6) is 0 Å². The maximum atomic E-state index is 12.4. The van der Waals surface area contributed by atoms with Crippen LogP contribution < -0.4 is 4.90 Å². The number of halogens is 1. The molecule has 3 nitrogen and oxygen atoms in total. The van der Waals surface area contributed by atoms with E-state index in [-0.39, 0.29) is 17.9 Å². The highest BCUT2D eigenvalue weighted by Crippen LogP contribution is 2.26. The van der Waals surface area contributed by atoms with Crippen molar-refractivity contribution in [1.29, 1.82) is 0 Å². The van der Waals surface area contributed by atoms with Crippen molar-refractivity contribution in [3.8, 4) is 0 Å². The lowest BCUT2D eigenvalue weighted by atomic mass is 9.93. The third kappa shape index (κ3) is 1.93. The number of allylic oxidation sites excluding steroid dienone is 2. The molecule has 0 saturated carbocycles. The molecule has 1 aliphatic carbocycles. The Labute approximate surface area is 114 Å². The van der Waals surface area contributed by atoms with Crippen LogP contribution in [0, 0.1) is 5.92 Å². The minimum Gasteiger partial charge on any atom is -0.273 e. The Morgan fingerprint density at radius 1 is 1.11 bits per heavy atom. The summed E-state index contributed by atoms with van der Waals surface area (Å²) in [7, 11) is 0. The number of aliphatic imine (C=N–C) groups is 1. The molecule has 1 aromatic rings. The number of nitrogens with zero attached hydrogens (tertiary/aromatic N) is 2. The molecule has 0 saturated heterocycles. The predicted octanol–water partition coefficient (Wildman–Crippen LogP) is 2.93. The first-order chi connectivity index (χ1) is 8.75. The van der Waals surface area contributed by atoms with Gasteiger partial charge in [0.15, 0.2) is 0 Å². The van der Waals surface area contributed by atoms with Crippen LogP contribution in [0.3, 0.4) is 0 Å². The Hall–Kier alpha value is -1.68. The fourth-order valence-corrected chi connectivity index (χ4v) is 2.39. The van der Waals surface area contributed by atoms with Gasteiger partial charge < -0.3 is 0 Å². The molecule has 4 heteroatoms. The van der Waals surface area contributed by atoms with Crippen molar-refractivity contribution in [1.82, 2.24) is 0 Å². The van der Waals surface area contributed by atoms with E-state index in [0.29, 0.717) is 0 Å². The Morgan fingerprint density at radius 3 is 2.61 bits per heavy atom. The summed E-state index contributed by atoms with van der Waals surface area (Å²) >= 11 is 3.38. The number of carbonyl (C=O) groups excluding carboxylic acids is 1. The maximum absolute atomic E-state index is 12.4. The SMILES string of the molecule is O=C1C2C=CC=CC2N=CN1c1ccc(Br)cc1. The largest absolute Gasteiger partial charge is 0.273 e. The summed E-state index contributed by atoms with van der Waals surface area (Å²) in [5.41, 5.74) is 0.841.